The molecule has 2 fully saturated rings. The van der Waals surface area contributed by atoms with Crippen molar-refractivity contribution in [2.75, 3.05) is 6.54 Å². The van der Waals surface area contributed by atoms with Crippen LogP contribution in [0.25, 0.3) is 11.0 Å². The molecular formula is C15H18N4O. The van der Waals surface area contributed by atoms with Crippen LogP contribution in [0.4, 0.5) is 0 Å². The lowest BCUT2D eigenvalue weighted by molar-refractivity contribution is 0.100. The van der Waals surface area contributed by atoms with Crippen molar-refractivity contribution in [3.05, 3.63) is 29.6 Å². The molecule has 1 aromatic carbocycles. The standard InChI is InChI=1S/C15H18N4O/c16-13(20)10-2-1-3-11-12(10)19-14(18-11)9-4-7-17-15(8-9)5-6-15/h1-3,9,17H,4-8H2,(H2,16,20)(H,18,19). The van der Waals surface area contributed by atoms with Crippen LogP contribution >= 0.6 is 0 Å². The van der Waals surface area contributed by atoms with Crippen LogP contribution in [0.1, 0.15) is 47.8 Å². The number of hydrogen-bond acceptors (Lipinski definition) is 3. The van der Waals surface area contributed by atoms with Gasteiger partial charge in [0.15, 0.2) is 0 Å². The van der Waals surface area contributed by atoms with Gasteiger partial charge in [0.25, 0.3) is 5.91 Å². The first-order chi connectivity index (χ1) is 9.67. The molecular weight excluding hydrogens is 252 g/mol. The number of nitrogens with two attached hydrogens (primary N) is 1. The van der Waals surface area contributed by atoms with Gasteiger partial charge < -0.3 is 16.0 Å². The third-order valence-corrected chi connectivity index (χ3v) is 4.67. The fourth-order valence-electron chi connectivity index (χ4n) is 3.37. The smallest absolute Gasteiger partial charge is 0.250 e. The van der Waals surface area contributed by atoms with E-state index in [2.05, 4.69) is 15.3 Å². The first kappa shape index (κ1) is 11.9. The lowest BCUT2D eigenvalue weighted by Crippen LogP contribution is -2.39. The number of piperidine rings is 1. The van der Waals surface area contributed by atoms with E-state index >= 15 is 0 Å². The number of fused-ring (bicyclic) bond motifs is 1. The molecule has 1 saturated carbocycles. The molecule has 0 radical (unpaired) electrons. The number of H-pyrrole nitrogens is 1. The highest BCUT2D eigenvalue weighted by molar-refractivity contribution is 6.04. The highest BCUT2D eigenvalue weighted by atomic mass is 16.1. The number of nitrogens with one attached hydrogen (secondary N) is 2. The van der Waals surface area contributed by atoms with E-state index in [4.69, 9.17) is 5.73 Å². The second-order valence-electron chi connectivity index (χ2n) is 6.08. The number of primary amides is 1. The largest absolute Gasteiger partial charge is 0.366 e. The summed E-state index contributed by atoms with van der Waals surface area (Å²) < 4.78 is 0. The lowest BCUT2D eigenvalue weighted by Gasteiger charge is -2.29. The van der Waals surface area contributed by atoms with E-state index in [0.717, 1.165) is 30.7 Å². The average Bonchev–Trinajstić information content (AvgIpc) is 3.04. The van der Waals surface area contributed by atoms with Crippen LogP contribution in [0.2, 0.25) is 0 Å². The highest BCUT2D eigenvalue weighted by Gasteiger charge is 2.46. The third kappa shape index (κ3) is 1.81. The predicted octanol–water partition coefficient (Wildman–Crippen LogP) is 1.66. The van der Waals surface area contributed by atoms with Crippen molar-refractivity contribution in [1.82, 2.24) is 15.3 Å². The molecule has 1 saturated heterocycles. The van der Waals surface area contributed by atoms with Crippen molar-refractivity contribution < 1.29 is 4.79 Å². The summed E-state index contributed by atoms with van der Waals surface area (Å²) in [5, 5.41) is 3.62. The minimum absolute atomic E-state index is 0.369. The molecule has 104 valence electrons. The number of para-hydroxylation sites is 1. The molecule has 2 aromatic rings. The SMILES string of the molecule is NC(=O)c1cccc2[nH]c(C3CCNC4(CC4)C3)nc12. The molecule has 1 unspecified atom stereocenters. The van der Waals surface area contributed by atoms with Crippen LogP contribution in [0, 0.1) is 0 Å². The summed E-state index contributed by atoms with van der Waals surface area (Å²) in [4.78, 5) is 19.5. The quantitative estimate of drug-likeness (QED) is 0.776. The summed E-state index contributed by atoms with van der Waals surface area (Å²) in [7, 11) is 0. The Morgan fingerprint density at radius 3 is 3.00 bits per heavy atom. The number of amides is 1. The summed E-state index contributed by atoms with van der Waals surface area (Å²) in [5.74, 6) is 1.03. The number of aromatic amines is 1. The van der Waals surface area contributed by atoms with Gasteiger partial charge in [-0.25, -0.2) is 4.98 Å². The third-order valence-electron chi connectivity index (χ3n) is 4.67. The van der Waals surface area contributed by atoms with Crippen molar-refractivity contribution in [3.8, 4) is 0 Å². The zero-order chi connectivity index (χ0) is 13.7. The number of hydrogen-bond donors (Lipinski definition) is 3. The Balaban J connectivity index is 1.73. The summed E-state index contributed by atoms with van der Waals surface area (Å²) in [6.45, 7) is 1.05. The topological polar surface area (TPSA) is 83.8 Å². The van der Waals surface area contributed by atoms with E-state index in [1.54, 1.807) is 6.07 Å². The van der Waals surface area contributed by atoms with E-state index < -0.39 is 5.91 Å². The summed E-state index contributed by atoms with van der Waals surface area (Å²) in [6.07, 6.45) is 4.78. The van der Waals surface area contributed by atoms with E-state index in [-0.39, 0.29) is 0 Å². The Hall–Kier alpha value is -1.88. The van der Waals surface area contributed by atoms with Crippen molar-refractivity contribution in [1.29, 1.82) is 0 Å². The minimum Gasteiger partial charge on any atom is -0.366 e. The molecule has 0 bridgehead atoms. The van der Waals surface area contributed by atoms with Gasteiger partial charge in [0, 0.05) is 11.5 Å². The molecule has 1 aromatic heterocycles. The minimum atomic E-state index is -0.419. The highest BCUT2D eigenvalue weighted by Crippen LogP contribution is 2.46. The molecule has 1 aliphatic carbocycles. The number of rotatable bonds is 2. The zero-order valence-electron chi connectivity index (χ0n) is 11.3. The van der Waals surface area contributed by atoms with Gasteiger partial charge in [0.1, 0.15) is 11.3 Å². The molecule has 1 amide bonds. The Morgan fingerprint density at radius 2 is 2.25 bits per heavy atom. The molecule has 5 nitrogen and oxygen atoms in total. The van der Waals surface area contributed by atoms with Gasteiger partial charge in [-0.3, -0.25) is 4.79 Å². The lowest BCUT2D eigenvalue weighted by atomic mass is 9.90. The molecule has 1 spiro atoms. The van der Waals surface area contributed by atoms with Crippen LogP contribution in [0.3, 0.4) is 0 Å². The summed E-state index contributed by atoms with van der Waals surface area (Å²) >= 11 is 0. The summed E-state index contributed by atoms with van der Waals surface area (Å²) in [6, 6.07) is 5.53. The van der Waals surface area contributed by atoms with E-state index in [9.17, 15) is 4.79 Å². The van der Waals surface area contributed by atoms with Crippen LogP contribution < -0.4 is 11.1 Å². The molecule has 2 aliphatic rings. The van der Waals surface area contributed by atoms with E-state index in [1.807, 2.05) is 12.1 Å². The second kappa shape index (κ2) is 4.06. The number of benzene rings is 1. The summed E-state index contributed by atoms with van der Waals surface area (Å²) in [5.41, 5.74) is 7.90. The van der Waals surface area contributed by atoms with Crippen molar-refractivity contribution >= 4 is 16.9 Å². The van der Waals surface area contributed by atoms with Crippen molar-refractivity contribution in [2.24, 2.45) is 5.73 Å². The number of aromatic nitrogens is 2. The monoisotopic (exact) mass is 270 g/mol. The Morgan fingerprint density at radius 1 is 1.40 bits per heavy atom. The van der Waals surface area contributed by atoms with Crippen LogP contribution in [0.5, 0.6) is 0 Å². The predicted molar refractivity (Wildman–Crippen MR) is 76.6 cm³/mol. The van der Waals surface area contributed by atoms with Gasteiger partial charge in [-0.05, 0) is 44.4 Å². The van der Waals surface area contributed by atoms with Crippen molar-refractivity contribution in [3.63, 3.8) is 0 Å². The second-order valence-corrected chi connectivity index (χ2v) is 6.08. The number of nitrogens with zero attached hydrogens (tertiary/aromatic N) is 1. The molecule has 4 N–H and O–H groups in total. The van der Waals surface area contributed by atoms with E-state index in [0.29, 0.717) is 22.5 Å². The Bertz CT molecular complexity index is 686. The van der Waals surface area contributed by atoms with Gasteiger partial charge in [-0.1, -0.05) is 6.07 Å². The number of carbonyl (C=O) groups is 1. The van der Waals surface area contributed by atoms with Gasteiger partial charge in [0.2, 0.25) is 0 Å². The number of imidazole rings is 1. The van der Waals surface area contributed by atoms with Gasteiger partial charge in [-0.15, -0.1) is 0 Å². The van der Waals surface area contributed by atoms with Crippen LogP contribution in [-0.4, -0.2) is 28.0 Å². The zero-order valence-corrected chi connectivity index (χ0v) is 11.3. The van der Waals surface area contributed by atoms with Crippen LogP contribution in [0.15, 0.2) is 18.2 Å². The normalized spacial score (nSPS) is 24.1. The maximum absolute atomic E-state index is 11.5. The van der Waals surface area contributed by atoms with Gasteiger partial charge in [-0.2, -0.15) is 0 Å². The first-order valence-electron chi connectivity index (χ1n) is 7.20. The Kier molecular flexibility index (Phi) is 2.41. The van der Waals surface area contributed by atoms with Gasteiger partial charge >= 0.3 is 0 Å². The van der Waals surface area contributed by atoms with Crippen molar-refractivity contribution in [2.45, 2.75) is 37.1 Å². The van der Waals surface area contributed by atoms with Crippen LogP contribution in [-0.2, 0) is 0 Å². The van der Waals surface area contributed by atoms with Gasteiger partial charge in [0.05, 0.1) is 11.1 Å². The molecule has 1 aliphatic heterocycles. The maximum Gasteiger partial charge on any atom is 0.250 e. The average molecular weight is 270 g/mol. The molecule has 20 heavy (non-hydrogen) atoms. The molecule has 2 heterocycles. The first-order valence-corrected chi connectivity index (χ1v) is 7.20. The Labute approximate surface area is 117 Å². The fraction of sp³-hybridized carbons (Fsp3) is 0.467. The molecule has 1 atom stereocenters. The van der Waals surface area contributed by atoms with E-state index in [1.165, 1.54) is 12.8 Å². The molecule has 4 rings (SSSR count). The fourth-order valence-corrected chi connectivity index (χ4v) is 3.37. The maximum atomic E-state index is 11.5. The molecule has 5 heteroatoms. The number of carbonyl (C=O) groups excluding carboxylic acids is 1.